The summed E-state index contributed by atoms with van der Waals surface area (Å²) < 4.78 is 5.83. The van der Waals surface area contributed by atoms with Crippen molar-refractivity contribution < 1.29 is 4.79 Å². The van der Waals surface area contributed by atoms with Crippen molar-refractivity contribution in [3.63, 3.8) is 0 Å². The van der Waals surface area contributed by atoms with Crippen LogP contribution in [0.15, 0.2) is 55.4 Å². The van der Waals surface area contributed by atoms with E-state index in [0.717, 1.165) is 31.4 Å². The first kappa shape index (κ1) is 21.4. The lowest BCUT2D eigenvalue weighted by atomic mass is 10.1. The van der Waals surface area contributed by atoms with E-state index in [1.54, 1.807) is 25.5 Å². The van der Waals surface area contributed by atoms with Gasteiger partial charge >= 0.3 is 0 Å². The molecule has 0 bridgehead atoms. The molecular formula is C21H30N6OS. The number of nitrogens with zero attached hydrogens (tertiary/aromatic N) is 6. The zero-order chi connectivity index (χ0) is 20.4. The highest BCUT2D eigenvalue weighted by Crippen LogP contribution is 2.27. The Kier molecular flexibility index (Phi) is 8.10. The summed E-state index contributed by atoms with van der Waals surface area (Å²) in [6.07, 6.45) is 20.4. The van der Waals surface area contributed by atoms with Gasteiger partial charge in [-0.2, -0.15) is 15.3 Å². The maximum Gasteiger partial charge on any atom is 0.248 e. The lowest BCUT2D eigenvalue weighted by Gasteiger charge is -2.35. The Hall–Kier alpha value is -2.35. The molecule has 7 nitrogen and oxygen atoms in total. The van der Waals surface area contributed by atoms with Crippen LogP contribution in [0.2, 0.25) is 0 Å². The Balaban J connectivity index is 1.54. The van der Waals surface area contributed by atoms with Crippen molar-refractivity contribution >= 4 is 16.9 Å². The van der Waals surface area contributed by atoms with Crippen LogP contribution < -0.4 is 0 Å². The summed E-state index contributed by atoms with van der Waals surface area (Å²) in [6.45, 7) is 1.64. The van der Waals surface area contributed by atoms with Crippen LogP contribution in [0.4, 0.5) is 0 Å². The van der Waals surface area contributed by atoms with E-state index in [2.05, 4.69) is 15.3 Å². The van der Waals surface area contributed by atoms with E-state index in [-0.39, 0.29) is 5.12 Å². The van der Waals surface area contributed by atoms with Gasteiger partial charge in [-0.05, 0) is 31.0 Å². The van der Waals surface area contributed by atoms with Crippen LogP contribution >= 0.6 is 11.8 Å². The summed E-state index contributed by atoms with van der Waals surface area (Å²) in [5.41, 5.74) is 0. The first-order valence-corrected chi connectivity index (χ1v) is 11.4. The lowest BCUT2D eigenvalue weighted by Crippen LogP contribution is -2.49. The van der Waals surface area contributed by atoms with Gasteiger partial charge in [-0.3, -0.25) is 4.79 Å². The normalized spacial score (nSPS) is 11.8. The summed E-state index contributed by atoms with van der Waals surface area (Å²) in [5.74, 6) is 0.343. The highest BCUT2D eigenvalue weighted by atomic mass is 32.2. The maximum atomic E-state index is 10.9. The Morgan fingerprint density at radius 2 is 1.21 bits per heavy atom. The molecule has 3 rings (SSSR count). The van der Waals surface area contributed by atoms with Crippen molar-refractivity contribution in [3.8, 4) is 0 Å². The molecule has 3 aromatic rings. The third-order valence-corrected chi connectivity index (χ3v) is 5.98. The minimum absolute atomic E-state index is 0.222. The molecule has 0 saturated carbocycles. The molecule has 8 heteroatoms. The van der Waals surface area contributed by atoms with Gasteiger partial charge in [0, 0.05) is 56.3 Å². The van der Waals surface area contributed by atoms with Gasteiger partial charge in [-0.1, -0.05) is 43.9 Å². The maximum absolute atomic E-state index is 10.9. The van der Waals surface area contributed by atoms with Crippen LogP contribution in [-0.2, 0) is 10.6 Å². The summed E-state index contributed by atoms with van der Waals surface area (Å²) >= 11 is 1.44. The number of hydrogen-bond acceptors (Lipinski definition) is 5. The third-order valence-electron chi connectivity index (χ3n) is 5.08. The molecule has 0 aliphatic heterocycles. The average molecular weight is 415 g/mol. The molecule has 0 atom stereocenters. The van der Waals surface area contributed by atoms with Gasteiger partial charge in [-0.15, -0.1) is 0 Å². The van der Waals surface area contributed by atoms with Crippen molar-refractivity contribution in [1.82, 2.24) is 29.3 Å². The van der Waals surface area contributed by atoms with E-state index in [9.17, 15) is 4.79 Å². The molecule has 0 radical (unpaired) electrons. The Labute approximate surface area is 176 Å². The molecule has 0 saturated heterocycles. The number of rotatable bonds is 13. The summed E-state index contributed by atoms with van der Waals surface area (Å²) in [7, 11) is 0. The van der Waals surface area contributed by atoms with E-state index < -0.39 is 5.79 Å². The second-order valence-corrected chi connectivity index (χ2v) is 8.46. The Bertz CT molecular complexity index is 729. The van der Waals surface area contributed by atoms with Crippen molar-refractivity contribution in [1.29, 1.82) is 0 Å². The second kappa shape index (κ2) is 11.0. The Morgan fingerprint density at radius 3 is 1.62 bits per heavy atom. The number of hydrogen-bond donors (Lipinski definition) is 0. The topological polar surface area (TPSA) is 70.5 Å². The summed E-state index contributed by atoms with van der Waals surface area (Å²) in [5, 5.41) is 13.8. The molecule has 156 valence electrons. The lowest BCUT2D eigenvalue weighted by molar-refractivity contribution is -0.109. The molecule has 3 aromatic heterocycles. The second-order valence-electron chi connectivity index (χ2n) is 7.19. The first-order chi connectivity index (χ1) is 14.2. The number of carbonyl (C=O) groups is 1. The minimum atomic E-state index is -0.611. The van der Waals surface area contributed by atoms with Gasteiger partial charge < -0.3 is 0 Å². The van der Waals surface area contributed by atoms with E-state index >= 15 is 0 Å². The van der Waals surface area contributed by atoms with Gasteiger partial charge in [0.1, 0.15) is 0 Å². The monoisotopic (exact) mass is 414 g/mol. The van der Waals surface area contributed by atoms with Crippen LogP contribution in [-0.4, -0.2) is 40.2 Å². The molecule has 0 unspecified atom stereocenters. The van der Waals surface area contributed by atoms with E-state index in [1.165, 1.54) is 37.4 Å². The predicted octanol–water partition coefficient (Wildman–Crippen LogP) is 4.38. The van der Waals surface area contributed by atoms with E-state index in [1.807, 2.05) is 50.8 Å². The summed E-state index contributed by atoms with van der Waals surface area (Å²) in [4.78, 5) is 10.9. The molecule has 0 aliphatic carbocycles. The largest absolute Gasteiger partial charge is 0.288 e. The van der Waals surface area contributed by atoms with Crippen molar-refractivity contribution in [2.75, 3.05) is 5.75 Å². The molecule has 0 spiro atoms. The van der Waals surface area contributed by atoms with Crippen LogP contribution in [0.25, 0.3) is 0 Å². The molecule has 0 aromatic carbocycles. The fourth-order valence-corrected chi connectivity index (χ4v) is 4.30. The van der Waals surface area contributed by atoms with Crippen molar-refractivity contribution in [2.24, 2.45) is 0 Å². The van der Waals surface area contributed by atoms with Crippen LogP contribution in [0.1, 0.15) is 58.3 Å². The van der Waals surface area contributed by atoms with Crippen LogP contribution in [0.5, 0.6) is 0 Å². The van der Waals surface area contributed by atoms with E-state index in [4.69, 9.17) is 0 Å². The fraction of sp³-hybridized carbons (Fsp3) is 0.524. The zero-order valence-electron chi connectivity index (χ0n) is 17.1. The van der Waals surface area contributed by atoms with Crippen LogP contribution in [0, 0.1) is 0 Å². The minimum Gasteiger partial charge on any atom is -0.288 e. The number of unbranched alkanes of at least 4 members (excludes halogenated alkanes) is 6. The number of carbonyl (C=O) groups excluding carboxylic acids is 1. The molecule has 3 heterocycles. The SMILES string of the molecule is CC(=O)SCCCCCCCCCC(n1cccn1)(n1cccn1)n1cccn1. The van der Waals surface area contributed by atoms with Gasteiger partial charge in [0.25, 0.3) is 0 Å². The number of thioether (sulfide) groups is 1. The molecule has 0 N–H and O–H groups in total. The van der Waals surface area contributed by atoms with Gasteiger partial charge in [0.15, 0.2) is 5.12 Å². The third kappa shape index (κ3) is 5.59. The quantitative estimate of drug-likeness (QED) is 0.388. The smallest absolute Gasteiger partial charge is 0.248 e. The van der Waals surface area contributed by atoms with E-state index in [0.29, 0.717) is 0 Å². The van der Waals surface area contributed by atoms with Gasteiger partial charge in [-0.25, -0.2) is 14.0 Å². The van der Waals surface area contributed by atoms with Gasteiger partial charge in [0.05, 0.1) is 0 Å². The predicted molar refractivity (Wildman–Crippen MR) is 116 cm³/mol. The van der Waals surface area contributed by atoms with Gasteiger partial charge in [0.2, 0.25) is 5.79 Å². The molecule has 0 fully saturated rings. The summed E-state index contributed by atoms with van der Waals surface area (Å²) in [6, 6.07) is 5.81. The average Bonchev–Trinajstić information content (AvgIpc) is 3.50. The molecule has 0 amide bonds. The van der Waals surface area contributed by atoms with Crippen LogP contribution in [0.3, 0.4) is 0 Å². The number of aromatic nitrogens is 6. The fourth-order valence-electron chi connectivity index (χ4n) is 3.66. The van der Waals surface area contributed by atoms with Crippen molar-refractivity contribution in [3.05, 3.63) is 55.4 Å². The highest BCUT2D eigenvalue weighted by molar-refractivity contribution is 8.13. The first-order valence-electron chi connectivity index (χ1n) is 10.4. The highest BCUT2D eigenvalue weighted by Gasteiger charge is 2.37. The van der Waals surface area contributed by atoms with Crippen molar-refractivity contribution in [2.45, 2.75) is 64.1 Å². The Morgan fingerprint density at radius 1 is 0.759 bits per heavy atom. The molecular weight excluding hydrogens is 384 g/mol. The standard InChI is InChI=1S/C21H30N6OS/c1-20(28)29-19-8-6-4-2-3-5-7-12-21(25-16-9-13-22-25,26-17-10-14-23-26)27-18-11-15-24-27/h9-11,13-18H,2-8,12,19H2,1H3. The molecule has 0 aliphatic rings. The molecule has 29 heavy (non-hydrogen) atoms. The zero-order valence-corrected chi connectivity index (χ0v) is 17.9.